The summed E-state index contributed by atoms with van der Waals surface area (Å²) in [7, 11) is 0. The van der Waals surface area contributed by atoms with Gasteiger partial charge in [-0.3, -0.25) is 24.1 Å². The fourth-order valence-corrected chi connectivity index (χ4v) is 9.91. The maximum Gasteiger partial charge on any atom is 0.272 e. The van der Waals surface area contributed by atoms with Crippen molar-refractivity contribution in [2.75, 3.05) is 32.7 Å². The van der Waals surface area contributed by atoms with Crippen LogP contribution in [0.2, 0.25) is 0 Å². The Kier molecular flexibility index (Phi) is 9.39. The Hall–Kier alpha value is -4.90. The second kappa shape index (κ2) is 14.2. The molecule has 2 aromatic heterocycles. The van der Waals surface area contributed by atoms with Crippen LogP contribution in [0.5, 0.6) is 0 Å². The number of aromatic amines is 2. The highest BCUT2D eigenvalue weighted by atomic mass is 19.1. The summed E-state index contributed by atoms with van der Waals surface area (Å²) < 4.78 is 15.5. The lowest BCUT2D eigenvalue weighted by molar-refractivity contribution is -0.147. The van der Waals surface area contributed by atoms with E-state index >= 15 is 0 Å². The van der Waals surface area contributed by atoms with Gasteiger partial charge in [0.25, 0.3) is 11.1 Å². The number of ketones is 1. The number of imidazole rings is 1. The van der Waals surface area contributed by atoms with Crippen molar-refractivity contribution in [1.82, 2.24) is 29.3 Å². The summed E-state index contributed by atoms with van der Waals surface area (Å²) in [5.41, 5.74) is 1.88. The average molecular weight is 719 g/mol. The van der Waals surface area contributed by atoms with Crippen molar-refractivity contribution in [3.63, 3.8) is 0 Å². The van der Waals surface area contributed by atoms with Gasteiger partial charge in [0.15, 0.2) is 5.78 Å². The summed E-state index contributed by atoms with van der Waals surface area (Å²) in [5, 5.41) is 0.153. The maximum absolute atomic E-state index is 13.7. The van der Waals surface area contributed by atoms with Crippen LogP contribution in [0, 0.1) is 29.0 Å². The molecule has 4 bridgehead atoms. The predicted octanol–water partition coefficient (Wildman–Crippen LogP) is 3.77. The lowest BCUT2D eigenvalue weighted by atomic mass is 9.68. The van der Waals surface area contributed by atoms with Gasteiger partial charge in [0.2, 0.25) is 5.91 Å². The number of aryl methyl sites for hydroxylation is 1. The number of hydrogen-bond acceptors (Lipinski definition) is 6. The third-order valence-electron chi connectivity index (χ3n) is 12.2. The van der Waals surface area contributed by atoms with Gasteiger partial charge >= 0.3 is 0 Å². The third kappa shape index (κ3) is 6.99. The Balaban J connectivity index is 0.912. The molecule has 3 heterocycles. The van der Waals surface area contributed by atoms with Crippen LogP contribution in [-0.4, -0.2) is 73.7 Å². The molecule has 1 saturated heterocycles. The number of aromatic nitrogens is 4. The Labute approximate surface area is 307 Å². The first-order valence-electron chi connectivity index (χ1n) is 19.1. The van der Waals surface area contributed by atoms with Crippen molar-refractivity contribution in [2.24, 2.45) is 23.2 Å². The van der Waals surface area contributed by atoms with Crippen molar-refractivity contribution < 1.29 is 14.0 Å². The van der Waals surface area contributed by atoms with Gasteiger partial charge < -0.3 is 19.4 Å². The molecule has 1 aliphatic heterocycles. The molecule has 0 spiro atoms. The number of carbonyl (C=O) groups excluding carboxylic acids is 2. The quantitative estimate of drug-likeness (QED) is 0.241. The molecule has 4 aliphatic carbocycles. The molecule has 2 atom stereocenters. The smallest absolute Gasteiger partial charge is 0.272 e. The van der Waals surface area contributed by atoms with Crippen molar-refractivity contribution in [2.45, 2.75) is 64.8 Å². The zero-order chi connectivity index (χ0) is 36.9. The first kappa shape index (κ1) is 35.1. The molecule has 276 valence electrons. The Morgan fingerprint density at radius 1 is 0.887 bits per heavy atom. The van der Waals surface area contributed by atoms with Crippen molar-refractivity contribution >= 4 is 23.8 Å². The third-order valence-corrected chi connectivity index (χ3v) is 12.2. The monoisotopic (exact) mass is 718 g/mol. The van der Waals surface area contributed by atoms with Crippen LogP contribution >= 0.6 is 0 Å². The van der Waals surface area contributed by atoms with Crippen molar-refractivity contribution in [1.29, 1.82) is 0 Å². The van der Waals surface area contributed by atoms with E-state index in [-0.39, 0.29) is 27.8 Å². The molecule has 4 saturated carbocycles. The van der Waals surface area contributed by atoms with Crippen molar-refractivity contribution in [3.8, 4) is 0 Å². The summed E-state index contributed by atoms with van der Waals surface area (Å²) in [6.07, 6.45) is 12.0. The van der Waals surface area contributed by atoms with Gasteiger partial charge in [-0.05, 0) is 117 Å². The predicted molar refractivity (Wildman–Crippen MR) is 200 cm³/mol. The van der Waals surface area contributed by atoms with Gasteiger partial charge in [0.05, 0.1) is 17.4 Å². The minimum Gasteiger partial charge on any atom is -0.340 e. The van der Waals surface area contributed by atoms with E-state index in [2.05, 4.69) is 43.2 Å². The highest BCUT2D eigenvalue weighted by Crippen LogP contribution is 2.64. The zero-order valence-corrected chi connectivity index (χ0v) is 30.4. The molecule has 2 unspecified atom stereocenters. The fourth-order valence-electron chi connectivity index (χ4n) is 9.91. The molecule has 0 radical (unpaired) electrons. The first-order chi connectivity index (χ1) is 25.5. The molecule has 10 nitrogen and oxygen atoms in total. The summed E-state index contributed by atoms with van der Waals surface area (Å²) in [6.45, 7) is 9.31. The minimum atomic E-state index is -0.485. The molecule has 2 aromatic carbocycles. The standard InChI is InChI=1S/C42H47FN6O4/c1-26(2)37-34(21-36-40(52)45-35(39(51)46-36)20-27-5-3-6-30(17-27)38(50)29-7-9-33(43)10-8-29)44-25-49(37)12-4-11-47-13-15-48(16-14-47)41(53)42-22-28-18-31(23-42)32(19-28)24-42/h3,5-10,17,20-21,25-26,28,31-32H,4,11-16,18-19,22-24H2,1-2H3,(H,45,52)(H,46,51)/b35-20-,36-21-. The number of rotatable bonds is 10. The number of piperazine rings is 1. The van der Waals surface area contributed by atoms with E-state index in [1.807, 2.05) is 0 Å². The Morgan fingerprint density at radius 3 is 2.23 bits per heavy atom. The summed E-state index contributed by atoms with van der Waals surface area (Å²) in [5.74, 6) is 2.24. The number of nitrogens with zero attached hydrogens (tertiary/aromatic N) is 4. The van der Waals surface area contributed by atoms with Crippen molar-refractivity contribution in [3.05, 3.63) is 120 Å². The number of amides is 1. The summed E-state index contributed by atoms with van der Waals surface area (Å²) in [6, 6.07) is 12.0. The second-order valence-corrected chi connectivity index (χ2v) is 16.1. The second-order valence-electron chi connectivity index (χ2n) is 16.1. The van der Waals surface area contributed by atoms with Gasteiger partial charge in [0.1, 0.15) is 16.5 Å². The molecule has 4 aromatic rings. The zero-order valence-electron chi connectivity index (χ0n) is 30.4. The van der Waals surface area contributed by atoms with Gasteiger partial charge in [-0.15, -0.1) is 0 Å². The van der Waals surface area contributed by atoms with Gasteiger partial charge in [-0.25, -0.2) is 9.37 Å². The molecule has 2 N–H and O–H groups in total. The number of halogens is 1. The molecule has 53 heavy (non-hydrogen) atoms. The Morgan fingerprint density at radius 2 is 1.57 bits per heavy atom. The molecule has 1 amide bonds. The normalized spacial score (nSPS) is 24.5. The van der Waals surface area contributed by atoms with Crippen LogP contribution in [0.4, 0.5) is 4.39 Å². The highest BCUT2D eigenvalue weighted by Gasteiger charge is 2.60. The topological polar surface area (TPSA) is 124 Å². The van der Waals surface area contributed by atoms with E-state index in [4.69, 9.17) is 0 Å². The van der Waals surface area contributed by atoms with Crippen LogP contribution < -0.4 is 21.8 Å². The van der Waals surface area contributed by atoms with E-state index in [9.17, 15) is 23.6 Å². The molecular formula is C42H47FN6O4. The van der Waals surface area contributed by atoms with Crippen LogP contribution in [0.3, 0.4) is 0 Å². The van der Waals surface area contributed by atoms with Gasteiger partial charge in [-0.1, -0.05) is 32.0 Å². The Bertz CT molecular complexity index is 2260. The molecule has 5 fully saturated rings. The number of H-pyrrole nitrogens is 2. The number of carbonyl (C=O) groups is 2. The SMILES string of the molecule is CC(C)c1c(/C=c2\[nH]c(=O)/c(=C/c3cccc(C(=O)c4ccc(F)cc4)c3)[nH]c2=O)ncn1CCCN1CCN(C(=O)C23CC4CC(C2)C(C4)C3)CC1. The highest BCUT2D eigenvalue weighted by molar-refractivity contribution is 6.09. The van der Waals surface area contributed by atoms with Gasteiger partial charge in [-0.2, -0.15) is 0 Å². The molecule has 5 aliphatic rings. The first-order valence-corrected chi connectivity index (χ1v) is 19.1. The minimum absolute atomic E-state index is 0.0515. The van der Waals surface area contributed by atoms with Crippen LogP contribution in [0.15, 0.2) is 64.4 Å². The van der Waals surface area contributed by atoms with Crippen LogP contribution in [0.1, 0.15) is 91.2 Å². The fraction of sp³-hybridized carbons (Fsp3) is 0.452. The lowest BCUT2D eigenvalue weighted by Gasteiger charge is -2.43. The number of hydrogen-bond donors (Lipinski definition) is 2. The maximum atomic E-state index is 13.7. The summed E-state index contributed by atoms with van der Waals surface area (Å²) in [4.78, 5) is 67.6. The van der Waals surface area contributed by atoms with E-state index in [1.165, 1.54) is 43.2 Å². The summed E-state index contributed by atoms with van der Waals surface area (Å²) >= 11 is 0. The number of nitrogens with one attached hydrogen (secondary N) is 2. The number of benzene rings is 2. The molecule has 11 heteroatoms. The van der Waals surface area contributed by atoms with E-state index in [0.717, 1.165) is 88.4 Å². The molecular weight excluding hydrogens is 671 g/mol. The lowest BCUT2D eigenvalue weighted by Crippen LogP contribution is -2.54. The van der Waals surface area contributed by atoms with Gasteiger partial charge in [0, 0.05) is 49.5 Å². The van der Waals surface area contributed by atoms with E-state index in [0.29, 0.717) is 28.3 Å². The average Bonchev–Trinajstić information content (AvgIpc) is 3.77. The van der Waals surface area contributed by atoms with Crippen LogP contribution in [0.25, 0.3) is 12.2 Å². The van der Waals surface area contributed by atoms with E-state index in [1.54, 1.807) is 36.7 Å². The molecule has 9 rings (SSSR count). The van der Waals surface area contributed by atoms with Crippen LogP contribution in [-0.2, 0) is 11.3 Å². The largest absolute Gasteiger partial charge is 0.340 e. The van der Waals surface area contributed by atoms with E-state index < -0.39 is 16.9 Å².